The van der Waals surface area contributed by atoms with Crippen LogP contribution in [0.1, 0.15) is 10.5 Å². The van der Waals surface area contributed by atoms with Gasteiger partial charge in [0, 0.05) is 6.20 Å². The molecular weight excluding hydrogens is 176 g/mol. The van der Waals surface area contributed by atoms with Gasteiger partial charge in [0.2, 0.25) is 0 Å². The quantitative estimate of drug-likeness (QED) is 0.536. The summed E-state index contributed by atoms with van der Waals surface area (Å²) in [6.45, 7) is 0. The van der Waals surface area contributed by atoms with Crippen molar-refractivity contribution in [3.8, 4) is 0 Å². The van der Waals surface area contributed by atoms with Crippen LogP contribution in [-0.4, -0.2) is 41.9 Å². The van der Waals surface area contributed by atoms with E-state index < -0.39 is 5.97 Å². The van der Waals surface area contributed by atoms with E-state index in [9.17, 15) is 4.79 Å². The fourth-order valence-corrected chi connectivity index (χ4v) is 0.473. The number of rotatable bonds is 1. The van der Waals surface area contributed by atoms with Gasteiger partial charge in [-0.2, -0.15) is 0 Å². The second-order valence-corrected chi connectivity index (χ2v) is 1.82. The molecule has 2 aromatic rings. The molecule has 0 saturated heterocycles. The summed E-state index contributed by atoms with van der Waals surface area (Å²) < 4.78 is 0. The Kier molecular flexibility index (Phi) is 3.12. The first-order valence-corrected chi connectivity index (χ1v) is 3.21. The second-order valence-electron chi connectivity index (χ2n) is 1.82. The van der Waals surface area contributed by atoms with E-state index in [1.54, 1.807) is 12.4 Å². The van der Waals surface area contributed by atoms with Gasteiger partial charge in [0.1, 0.15) is 0 Å². The number of aromatic carboxylic acids is 1. The first-order valence-electron chi connectivity index (χ1n) is 3.21. The van der Waals surface area contributed by atoms with Crippen LogP contribution in [-0.2, 0) is 0 Å². The summed E-state index contributed by atoms with van der Waals surface area (Å²) in [6, 6.07) is 0. The van der Waals surface area contributed by atoms with Crippen LogP contribution < -0.4 is 0 Å². The monoisotopic (exact) mass is 182 g/mol. The van der Waals surface area contributed by atoms with Crippen LogP contribution in [0.4, 0.5) is 0 Å². The molecule has 8 heteroatoms. The number of aromatic nitrogens is 6. The third kappa shape index (κ3) is 3.10. The first-order chi connectivity index (χ1) is 6.30. The van der Waals surface area contributed by atoms with Crippen molar-refractivity contribution in [2.45, 2.75) is 0 Å². The molecule has 3 N–H and O–H groups in total. The summed E-state index contributed by atoms with van der Waals surface area (Å²) in [4.78, 5) is 9.94. The smallest absolute Gasteiger partial charge is 0.358 e. The molecule has 0 amide bonds. The van der Waals surface area contributed by atoms with Gasteiger partial charge in [0.05, 0.1) is 12.4 Å². The van der Waals surface area contributed by atoms with Gasteiger partial charge >= 0.3 is 5.97 Å². The molecule has 0 unspecified atom stereocenters. The first kappa shape index (κ1) is 8.84. The molecule has 0 spiro atoms. The van der Waals surface area contributed by atoms with E-state index >= 15 is 0 Å². The van der Waals surface area contributed by atoms with E-state index in [1.165, 1.54) is 6.20 Å². The maximum Gasteiger partial charge on any atom is 0.358 e. The topological polar surface area (TPSA) is 120 Å². The Hall–Kier alpha value is -2.25. The summed E-state index contributed by atoms with van der Waals surface area (Å²) in [5, 5.41) is 26.1. The number of nitrogens with one attached hydrogen (secondary N) is 2. The number of nitrogens with zero attached hydrogens (tertiary/aromatic N) is 4. The molecule has 8 nitrogen and oxygen atoms in total. The fraction of sp³-hybridized carbons (Fsp3) is 0. The lowest BCUT2D eigenvalue weighted by molar-refractivity contribution is 0.0690. The van der Waals surface area contributed by atoms with Gasteiger partial charge in [-0.1, -0.05) is 10.4 Å². The van der Waals surface area contributed by atoms with Crippen LogP contribution in [0.15, 0.2) is 18.6 Å². The van der Waals surface area contributed by atoms with E-state index in [2.05, 4.69) is 30.8 Å². The zero-order chi connectivity index (χ0) is 9.52. The van der Waals surface area contributed by atoms with Crippen molar-refractivity contribution in [1.82, 2.24) is 30.8 Å². The van der Waals surface area contributed by atoms with Crippen LogP contribution in [0.3, 0.4) is 0 Å². The number of carboxylic acid groups (broad SMARTS) is 1. The molecule has 0 aromatic carbocycles. The lowest BCUT2D eigenvalue weighted by Crippen LogP contribution is -1.95. The van der Waals surface area contributed by atoms with Crippen molar-refractivity contribution >= 4 is 5.97 Å². The highest BCUT2D eigenvalue weighted by Crippen LogP contribution is 1.84. The number of carboxylic acids is 1. The maximum atomic E-state index is 9.94. The predicted octanol–water partition coefficient (Wildman–Crippen LogP) is -0.692. The highest BCUT2D eigenvalue weighted by atomic mass is 16.4. The average molecular weight is 182 g/mol. The molecule has 0 aliphatic carbocycles. The fourth-order valence-electron chi connectivity index (χ4n) is 0.473. The lowest BCUT2D eigenvalue weighted by Gasteiger charge is -1.75. The van der Waals surface area contributed by atoms with Crippen molar-refractivity contribution in [2.24, 2.45) is 0 Å². The largest absolute Gasteiger partial charge is 0.476 e. The molecule has 0 bridgehead atoms. The van der Waals surface area contributed by atoms with Gasteiger partial charge < -0.3 is 5.11 Å². The highest BCUT2D eigenvalue weighted by Gasteiger charge is 2.02. The third-order valence-electron chi connectivity index (χ3n) is 0.967. The maximum absolute atomic E-state index is 9.94. The SMILES string of the molecule is O=C(O)c1c[nH]nn1.c1c[nH]nn1. The summed E-state index contributed by atoms with van der Waals surface area (Å²) in [7, 11) is 0. The van der Waals surface area contributed by atoms with Crippen molar-refractivity contribution in [1.29, 1.82) is 0 Å². The Balaban J connectivity index is 0.000000145. The lowest BCUT2D eigenvalue weighted by atomic mass is 10.5. The molecule has 0 atom stereocenters. The Morgan fingerprint density at radius 3 is 2.46 bits per heavy atom. The van der Waals surface area contributed by atoms with E-state index in [0.29, 0.717) is 0 Å². The van der Waals surface area contributed by atoms with E-state index in [4.69, 9.17) is 5.11 Å². The molecule has 2 heterocycles. The van der Waals surface area contributed by atoms with Gasteiger partial charge in [0.25, 0.3) is 0 Å². The minimum Gasteiger partial charge on any atom is -0.476 e. The molecular formula is C5H6N6O2. The minimum absolute atomic E-state index is 0.0648. The van der Waals surface area contributed by atoms with Gasteiger partial charge in [-0.15, -0.1) is 10.2 Å². The van der Waals surface area contributed by atoms with Gasteiger partial charge in [0.15, 0.2) is 5.69 Å². The number of aromatic amines is 2. The molecule has 0 radical (unpaired) electrons. The zero-order valence-corrected chi connectivity index (χ0v) is 6.38. The Bertz CT molecular complexity index is 311. The normalized spacial score (nSPS) is 8.62. The average Bonchev–Trinajstić information content (AvgIpc) is 2.82. The molecule has 68 valence electrons. The number of hydrogen-bond acceptors (Lipinski definition) is 5. The molecule has 13 heavy (non-hydrogen) atoms. The summed E-state index contributed by atoms with van der Waals surface area (Å²) in [6.07, 6.45) is 4.45. The minimum atomic E-state index is -1.07. The Morgan fingerprint density at radius 2 is 2.23 bits per heavy atom. The second kappa shape index (κ2) is 4.59. The Labute approximate surface area is 72.0 Å². The number of H-pyrrole nitrogens is 2. The van der Waals surface area contributed by atoms with Crippen LogP contribution in [0.25, 0.3) is 0 Å². The predicted molar refractivity (Wildman–Crippen MR) is 39.7 cm³/mol. The summed E-state index contributed by atoms with van der Waals surface area (Å²) >= 11 is 0. The summed E-state index contributed by atoms with van der Waals surface area (Å²) in [5.41, 5.74) is -0.0648. The molecule has 0 saturated carbocycles. The Morgan fingerprint density at radius 1 is 1.38 bits per heavy atom. The van der Waals surface area contributed by atoms with Crippen molar-refractivity contribution in [2.75, 3.05) is 0 Å². The van der Waals surface area contributed by atoms with Crippen LogP contribution >= 0.6 is 0 Å². The highest BCUT2D eigenvalue weighted by molar-refractivity contribution is 5.84. The number of carbonyl (C=O) groups is 1. The van der Waals surface area contributed by atoms with Crippen LogP contribution in [0, 0.1) is 0 Å². The van der Waals surface area contributed by atoms with Gasteiger partial charge in [-0.05, 0) is 0 Å². The molecule has 0 fully saturated rings. The molecule has 0 aliphatic heterocycles. The summed E-state index contributed by atoms with van der Waals surface area (Å²) in [5.74, 6) is -1.07. The van der Waals surface area contributed by atoms with E-state index in [0.717, 1.165) is 0 Å². The zero-order valence-electron chi connectivity index (χ0n) is 6.38. The van der Waals surface area contributed by atoms with Crippen molar-refractivity contribution in [3.63, 3.8) is 0 Å². The standard InChI is InChI=1S/C3H3N3O2.C2H3N3/c7-3(8)2-1-4-6-5-2;1-2-4-5-3-1/h1H,(H,7,8)(H,4,5,6);1-2H,(H,3,4,5). The third-order valence-corrected chi connectivity index (χ3v) is 0.967. The number of hydrogen-bond donors (Lipinski definition) is 3. The van der Waals surface area contributed by atoms with Crippen LogP contribution in [0.5, 0.6) is 0 Å². The molecule has 0 aliphatic rings. The van der Waals surface area contributed by atoms with Crippen molar-refractivity contribution < 1.29 is 9.90 Å². The molecule has 2 rings (SSSR count). The van der Waals surface area contributed by atoms with E-state index in [-0.39, 0.29) is 5.69 Å². The van der Waals surface area contributed by atoms with Gasteiger partial charge in [-0.25, -0.2) is 4.79 Å². The van der Waals surface area contributed by atoms with Crippen LogP contribution in [0.2, 0.25) is 0 Å². The van der Waals surface area contributed by atoms with Crippen molar-refractivity contribution in [3.05, 3.63) is 24.3 Å². The van der Waals surface area contributed by atoms with Gasteiger partial charge in [-0.3, -0.25) is 10.2 Å². The molecule has 2 aromatic heterocycles. The van der Waals surface area contributed by atoms with E-state index in [1.807, 2.05) is 0 Å².